The van der Waals surface area contributed by atoms with Gasteiger partial charge in [-0.3, -0.25) is 0 Å². The molecule has 0 spiro atoms. The van der Waals surface area contributed by atoms with Crippen LogP contribution in [-0.4, -0.2) is 43.2 Å². The number of aromatic nitrogens is 2. The number of pyridine rings is 1. The summed E-state index contributed by atoms with van der Waals surface area (Å²) in [6.07, 6.45) is 3.69. The van der Waals surface area contributed by atoms with Crippen molar-refractivity contribution in [2.24, 2.45) is 0 Å². The zero-order valence-corrected chi connectivity index (χ0v) is 21.0. The summed E-state index contributed by atoms with van der Waals surface area (Å²) in [6.45, 7) is 8.40. The van der Waals surface area contributed by atoms with Crippen molar-refractivity contribution < 1.29 is 13.2 Å². The van der Waals surface area contributed by atoms with Crippen LogP contribution in [-0.2, 0) is 16.6 Å². The van der Waals surface area contributed by atoms with Gasteiger partial charge in [-0.25, -0.2) is 18.1 Å². The van der Waals surface area contributed by atoms with Gasteiger partial charge in [-0.15, -0.1) is 0 Å². The summed E-state index contributed by atoms with van der Waals surface area (Å²) in [6, 6.07) is 10.6. The summed E-state index contributed by atoms with van der Waals surface area (Å²) in [5.41, 5.74) is 2.12. The van der Waals surface area contributed by atoms with Crippen molar-refractivity contribution in [2.45, 2.75) is 57.2 Å². The Hall–Kier alpha value is -2.10. The van der Waals surface area contributed by atoms with E-state index >= 15 is 0 Å². The first-order chi connectivity index (χ1) is 15.3. The number of sulfonamides is 1. The van der Waals surface area contributed by atoms with E-state index in [1.54, 1.807) is 24.3 Å². The van der Waals surface area contributed by atoms with E-state index in [1.165, 1.54) is 0 Å². The van der Waals surface area contributed by atoms with Gasteiger partial charge in [0.1, 0.15) is 16.0 Å². The maximum Gasteiger partial charge on any atom is 0.240 e. The number of piperidine rings is 1. The van der Waals surface area contributed by atoms with Crippen LogP contribution in [0.5, 0.6) is 5.75 Å². The number of aryl methyl sites for hydroxylation is 1. The normalized spacial score (nSPS) is 15.6. The molecule has 1 aromatic carbocycles. The van der Waals surface area contributed by atoms with Crippen LogP contribution in [0, 0.1) is 0 Å². The third-order valence-electron chi connectivity index (χ3n) is 5.67. The minimum atomic E-state index is -3.57. The Morgan fingerprint density at radius 3 is 2.47 bits per heavy atom. The van der Waals surface area contributed by atoms with E-state index in [1.807, 2.05) is 19.9 Å². The fraction of sp³-hybridized carbons (Fsp3) is 0.435. The quantitative estimate of drug-likeness (QED) is 0.462. The molecule has 1 aliphatic heterocycles. The molecule has 1 aliphatic rings. The number of benzene rings is 1. The second-order valence-electron chi connectivity index (χ2n) is 8.33. The predicted octanol–water partition coefficient (Wildman–Crippen LogP) is 4.55. The number of hydrogen-bond acceptors (Lipinski definition) is 5. The number of halogens is 1. The second kappa shape index (κ2) is 9.41. The number of nitrogens with one attached hydrogen (secondary N) is 1. The van der Waals surface area contributed by atoms with E-state index in [0.29, 0.717) is 5.75 Å². The minimum absolute atomic E-state index is 0.0458. The van der Waals surface area contributed by atoms with Crippen molar-refractivity contribution in [3.8, 4) is 5.75 Å². The molecule has 0 atom stereocenters. The van der Waals surface area contributed by atoms with E-state index in [9.17, 15) is 8.42 Å². The van der Waals surface area contributed by atoms with Crippen molar-refractivity contribution in [3.05, 3.63) is 47.2 Å². The van der Waals surface area contributed by atoms with Crippen LogP contribution in [0.25, 0.3) is 11.0 Å². The lowest BCUT2D eigenvalue weighted by atomic mass is 10.1. The van der Waals surface area contributed by atoms with Crippen LogP contribution in [0.4, 0.5) is 5.69 Å². The number of nitrogens with zero attached hydrogens (tertiary/aromatic N) is 3. The van der Waals surface area contributed by atoms with Crippen molar-refractivity contribution >= 4 is 42.7 Å². The van der Waals surface area contributed by atoms with Gasteiger partial charge in [0.2, 0.25) is 10.0 Å². The number of hydrogen-bond donors (Lipinski definition) is 1. The summed E-state index contributed by atoms with van der Waals surface area (Å²) in [7, 11) is -3.57. The average Bonchev–Trinajstić information content (AvgIpc) is 3.12. The maximum absolute atomic E-state index is 12.9. The maximum atomic E-state index is 12.9. The lowest BCUT2D eigenvalue weighted by molar-refractivity contribution is 0.242. The Labute approximate surface area is 198 Å². The van der Waals surface area contributed by atoms with Gasteiger partial charge in [0.25, 0.3) is 0 Å². The van der Waals surface area contributed by atoms with Crippen molar-refractivity contribution in [2.75, 3.05) is 18.0 Å². The Morgan fingerprint density at radius 2 is 1.84 bits per heavy atom. The fourth-order valence-electron chi connectivity index (χ4n) is 4.11. The molecular weight excluding hydrogens is 492 g/mol. The Kier molecular flexibility index (Phi) is 6.78. The summed E-state index contributed by atoms with van der Waals surface area (Å²) in [5, 5.41) is 1.12. The number of anilines is 1. The van der Waals surface area contributed by atoms with Crippen molar-refractivity contribution in [1.29, 1.82) is 0 Å². The van der Waals surface area contributed by atoms with Gasteiger partial charge in [-0.2, -0.15) is 0 Å². The molecule has 3 aromatic rings. The monoisotopic (exact) mass is 520 g/mol. The third kappa shape index (κ3) is 4.94. The topological polar surface area (TPSA) is 76.5 Å². The Morgan fingerprint density at radius 1 is 1.16 bits per heavy atom. The highest BCUT2D eigenvalue weighted by Crippen LogP contribution is 2.31. The SMILES string of the molecule is CCn1cc(N2CCC(NS(=O)(=O)c3ccc(OC(C)C)cc3)CC2)c2ccc(Br)nc21. The summed E-state index contributed by atoms with van der Waals surface area (Å²) in [4.78, 5) is 7.22. The largest absolute Gasteiger partial charge is 0.491 e. The molecule has 1 N–H and O–H groups in total. The zero-order valence-electron chi connectivity index (χ0n) is 18.6. The van der Waals surface area contributed by atoms with Crippen LogP contribution in [0.1, 0.15) is 33.6 Å². The molecule has 0 saturated carbocycles. The lowest BCUT2D eigenvalue weighted by Crippen LogP contribution is -2.44. The summed E-state index contributed by atoms with van der Waals surface area (Å²) < 4.78 is 37.2. The van der Waals surface area contributed by atoms with E-state index in [2.05, 4.69) is 54.3 Å². The fourth-order valence-corrected chi connectivity index (χ4v) is 5.72. The first-order valence-electron chi connectivity index (χ1n) is 11.0. The van der Waals surface area contributed by atoms with Crippen LogP contribution in [0.2, 0.25) is 0 Å². The number of fused-ring (bicyclic) bond motifs is 1. The van der Waals surface area contributed by atoms with Crippen LogP contribution >= 0.6 is 15.9 Å². The van der Waals surface area contributed by atoms with Crippen LogP contribution < -0.4 is 14.4 Å². The predicted molar refractivity (Wildman–Crippen MR) is 131 cm³/mol. The summed E-state index contributed by atoms with van der Waals surface area (Å²) in [5.74, 6) is 0.667. The van der Waals surface area contributed by atoms with Gasteiger partial charge in [0.15, 0.2) is 0 Å². The highest BCUT2D eigenvalue weighted by atomic mass is 79.9. The van der Waals surface area contributed by atoms with E-state index < -0.39 is 10.0 Å². The van der Waals surface area contributed by atoms with Gasteiger partial charge < -0.3 is 14.2 Å². The van der Waals surface area contributed by atoms with Crippen LogP contribution in [0.3, 0.4) is 0 Å². The Bertz CT molecular complexity index is 1180. The van der Waals surface area contributed by atoms with Gasteiger partial charge in [-0.1, -0.05) is 0 Å². The highest BCUT2D eigenvalue weighted by Gasteiger charge is 2.26. The first kappa shape index (κ1) is 23.1. The number of ether oxygens (including phenoxy) is 1. The molecular formula is C23H29BrN4O3S. The molecule has 1 saturated heterocycles. The first-order valence-corrected chi connectivity index (χ1v) is 13.2. The molecule has 0 radical (unpaired) electrons. The molecule has 9 heteroatoms. The standard InChI is InChI=1S/C23H29BrN4O3S/c1-4-27-15-21(20-9-10-22(24)25-23(20)27)28-13-11-17(12-14-28)26-32(29,30)19-7-5-18(6-8-19)31-16(2)3/h5-10,15-17,26H,4,11-14H2,1-3H3. The third-order valence-corrected chi connectivity index (χ3v) is 7.65. The molecule has 1 fully saturated rings. The van der Waals surface area contributed by atoms with Crippen LogP contribution in [0.15, 0.2) is 52.1 Å². The Balaban J connectivity index is 1.42. The molecule has 0 unspecified atom stereocenters. The molecule has 172 valence electrons. The van der Waals surface area contributed by atoms with Crippen molar-refractivity contribution in [1.82, 2.24) is 14.3 Å². The van der Waals surface area contributed by atoms with Gasteiger partial charge in [0.05, 0.1) is 16.7 Å². The van der Waals surface area contributed by atoms with Gasteiger partial charge in [0, 0.05) is 37.3 Å². The highest BCUT2D eigenvalue weighted by molar-refractivity contribution is 9.10. The molecule has 2 aromatic heterocycles. The lowest BCUT2D eigenvalue weighted by Gasteiger charge is -2.33. The van der Waals surface area contributed by atoms with E-state index in [0.717, 1.165) is 53.8 Å². The van der Waals surface area contributed by atoms with Gasteiger partial charge >= 0.3 is 0 Å². The molecule has 0 aliphatic carbocycles. The average molecular weight is 521 g/mol. The van der Waals surface area contributed by atoms with E-state index in [-0.39, 0.29) is 17.0 Å². The molecule has 3 heterocycles. The second-order valence-corrected chi connectivity index (χ2v) is 10.9. The summed E-state index contributed by atoms with van der Waals surface area (Å²) >= 11 is 3.46. The smallest absolute Gasteiger partial charge is 0.240 e. The minimum Gasteiger partial charge on any atom is -0.491 e. The van der Waals surface area contributed by atoms with E-state index in [4.69, 9.17) is 4.74 Å². The molecule has 4 rings (SSSR count). The number of rotatable bonds is 7. The molecule has 0 bridgehead atoms. The molecule has 7 nitrogen and oxygen atoms in total. The molecule has 32 heavy (non-hydrogen) atoms. The zero-order chi connectivity index (χ0) is 22.9. The van der Waals surface area contributed by atoms with Crippen molar-refractivity contribution in [3.63, 3.8) is 0 Å². The van der Waals surface area contributed by atoms with Gasteiger partial charge in [-0.05, 0) is 85.9 Å². The molecule has 0 amide bonds.